The van der Waals surface area contributed by atoms with Crippen LogP contribution in [0.5, 0.6) is 0 Å². The van der Waals surface area contributed by atoms with Gasteiger partial charge in [0.25, 0.3) is 18.2 Å². The summed E-state index contributed by atoms with van der Waals surface area (Å²) in [4.78, 5) is 18.8. The lowest BCUT2D eigenvalue weighted by atomic mass is 10.0. The summed E-state index contributed by atoms with van der Waals surface area (Å²) in [6.45, 7) is 1.85. The molecule has 1 aliphatic rings. The number of hydrogen-bond donors (Lipinski definition) is 2. The van der Waals surface area contributed by atoms with E-state index in [9.17, 15) is 18.0 Å². The van der Waals surface area contributed by atoms with Gasteiger partial charge in [-0.05, 0) is 63.3 Å². The minimum atomic E-state index is -3.26. The first kappa shape index (κ1) is 24.8. The average molecular weight is 513 g/mol. The van der Waals surface area contributed by atoms with Crippen LogP contribution in [-0.4, -0.2) is 58.1 Å². The van der Waals surface area contributed by atoms with Crippen LogP contribution in [-0.2, 0) is 6.54 Å². The number of carbonyl (C=O) groups excluding carboxylic acids is 1. The van der Waals surface area contributed by atoms with Gasteiger partial charge in [-0.25, -0.2) is 13.2 Å². The Morgan fingerprint density at radius 2 is 1.86 bits per heavy atom. The number of amides is 1. The Morgan fingerprint density at radius 1 is 1.11 bits per heavy atom. The first-order chi connectivity index (χ1) is 17.9. The van der Waals surface area contributed by atoms with Crippen LogP contribution in [0.1, 0.15) is 35.3 Å². The van der Waals surface area contributed by atoms with E-state index in [1.807, 2.05) is 6.07 Å². The second kappa shape index (κ2) is 10.6. The zero-order chi connectivity index (χ0) is 25.9. The highest BCUT2D eigenvalue weighted by atomic mass is 19.3. The molecule has 1 unspecified atom stereocenters. The van der Waals surface area contributed by atoms with E-state index in [0.717, 1.165) is 36.2 Å². The third-order valence-corrected chi connectivity index (χ3v) is 6.55. The number of likely N-dealkylation sites (tertiary alicyclic amines) is 1. The van der Waals surface area contributed by atoms with E-state index in [4.69, 9.17) is 4.52 Å². The van der Waals surface area contributed by atoms with E-state index >= 15 is 0 Å². The molecular formula is C26H27F3N6O2. The number of halogens is 3. The summed E-state index contributed by atoms with van der Waals surface area (Å²) in [6.07, 6.45) is -4.00. The van der Waals surface area contributed by atoms with Gasteiger partial charge in [-0.3, -0.25) is 4.79 Å². The molecule has 3 heterocycles. The highest BCUT2D eigenvalue weighted by Gasteiger charge is 2.29. The second-order valence-corrected chi connectivity index (χ2v) is 9.13. The molecular weight excluding hydrogens is 485 g/mol. The molecule has 37 heavy (non-hydrogen) atoms. The van der Waals surface area contributed by atoms with Crippen molar-refractivity contribution >= 4 is 22.5 Å². The summed E-state index contributed by atoms with van der Waals surface area (Å²) in [5.74, 6) is -0.311. The Labute approximate surface area is 211 Å². The Morgan fingerprint density at radius 3 is 2.59 bits per heavy atom. The molecule has 1 atom stereocenters. The third-order valence-electron chi connectivity index (χ3n) is 6.55. The highest BCUT2D eigenvalue weighted by Crippen LogP contribution is 2.37. The molecule has 2 aromatic carbocycles. The number of benzene rings is 2. The molecule has 11 heteroatoms. The molecule has 0 aliphatic carbocycles. The van der Waals surface area contributed by atoms with Gasteiger partial charge in [0.05, 0.1) is 12.1 Å². The lowest BCUT2D eigenvalue weighted by molar-refractivity contribution is 0.0113. The minimum absolute atomic E-state index is 0.0357. The Hall–Kier alpha value is -3.86. The summed E-state index contributed by atoms with van der Waals surface area (Å²) in [6, 6.07) is 15.6. The quantitative estimate of drug-likeness (QED) is 0.351. The zero-order valence-electron chi connectivity index (χ0n) is 20.2. The van der Waals surface area contributed by atoms with Crippen molar-refractivity contribution in [3.8, 4) is 11.6 Å². The number of rotatable bonds is 8. The first-order valence-corrected chi connectivity index (χ1v) is 12.1. The normalized spacial score (nSPS) is 15.8. The zero-order valence-corrected chi connectivity index (χ0v) is 20.2. The van der Waals surface area contributed by atoms with Gasteiger partial charge in [0.15, 0.2) is 5.82 Å². The number of aromatic nitrogens is 3. The number of carbonyl (C=O) groups is 1. The van der Waals surface area contributed by atoms with E-state index in [-0.39, 0.29) is 41.4 Å². The fourth-order valence-corrected chi connectivity index (χ4v) is 4.57. The van der Waals surface area contributed by atoms with Crippen molar-refractivity contribution in [3.05, 3.63) is 66.0 Å². The van der Waals surface area contributed by atoms with Crippen LogP contribution < -0.4 is 10.6 Å². The monoisotopic (exact) mass is 512 g/mol. The third kappa shape index (κ3) is 5.31. The molecule has 8 nitrogen and oxygen atoms in total. The predicted octanol–water partition coefficient (Wildman–Crippen LogP) is 4.86. The van der Waals surface area contributed by atoms with Crippen LogP contribution in [0.4, 0.5) is 18.9 Å². The summed E-state index contributed by atoms with van der Waals surface area (Å²) >= 11 is 0. The topological polar surface area (TPSA) is 88.2 Å². The molecule has 1 fully saturated rings. The standard InChI is InChI=1S/C26H27F3N6O2/c1-34-12-10-17(11-13-34)31-19-8-5-9-20-18(19)14-21(35(20)24(29)23(27)28)26-32-22(33-37-26)15-30-25(36)16-6-3-2-4-7-16/h2-9,14,17,23-24,31H,10-13,15H2,1H3,(H,30,36). The van der Waals surface area contributed by atoms with Gasteiger partial charge in [-0.1, -0.05) is 29.4 Å². The number of anilines is 1. The van der Waals surface area contributed by atoms with Crippen molar-refractivity contribution in [2.45, 2.75) is 38.1 Å². The number of nitrogens with one attached hydrogen (secondary N) is 2. The molecule has 0 saturated carbocycles. The molecule has 2 N–H and O–H groups in total. The number of hydrogen-bond acceptors (Lipinski definition) is 6. The maximum atomic E-state index is 14.9. The molecule has 1 aliphatic heterocycles. The van der Waals surface area contributed by atoms with Crippen LogP contribution in [0.15, 0.2) is 59.1 Å². The second-order valence-electron chi connectivity index (χ2n) is 9.13. The summed E-state index contributed by atoms with van der Waals surface area (Å²) in [5, 5.41) is 10.6. The van der Waals surface area contributed by atoms with Crippen LogP contribution in [0, 0.1) is 0 Å². The molecule has 1 amide bonds. The minimum Gasteiger partial charge on any atom is -0.382 e. The first-order valence-electron chi connectivity index (χ1n) is 12.1. The SMILES string of the molecule is CN1CCC(Nc2cccc3c2cc(-c2nc(CNC(=O)c4ccccc4)no2)n3C(F)C(F)F)CC1. The van der Waals surface area contributed by atoms with Crippen LogP contribution in [0.2, 0.25) is 0 Å². The van der Waals surface area contributed by atoms with Gasteiger partial charge >= 0.3 is 0 Å². The van der Waals surface area contributed by atoms with Crippen molar-refractivity contribution in [3.63, 3.8) is 0 Å². The van der Waals surface area contributed by atoms with Crippen molar-refractivity contribution < 1.29 is 22.5 Å². The van der Waals surface area contributed by atoms with Gasteiger partial charge in [-0.2, -0.15) is 4.98 Å². The Kier molecular flexibility index (Phi) is 7.13. The average Bonchev–Trinajstić information content (AvgIpc) is 3.54. The maximum Gasteiger partial charge on any atom is 0.288 e. The van der Waals surface area contributed by atoms with Gasteiger partial charge in [-0.15, -0.1) is 0 Å². The summed E-state index contributed by atoms with van der Waals surface area (Å²) in [7, 11) is 2.07. The number of fused-ring (bicyclic) bond motifs is 1. The number of piperidine rings is 1. The van der Waals surface area contributed by atoms with Gasteiger partial charge < -0.3 is 24.6 Å². The van der Waals surface area contributed by atoms with E-state index in [0.29, 0.717) is 10.9 Å². The largest absolute Gasteiger partial charge is 0.382 e. The molecule has 2 aromatic heterocycles. The van der Waals surface area contributed by atoms with Crippen LogP contribution in [0.25, 0.3) is 22.5 Å². The van der Waals surface area contributed by atoms with Crippen molar-refractivity contribution in [1.29, 1.82) is 0 Å². The molecule has 5 rings (SSSR count). The molecule has 0 radical (unpaired) electrons. The molecule has 0 bridgehead atoms. The van der Waals surface area contributed by atoms with Crippen molar-refractivity contribution in [2.75, 3.05) is 25.5 Å². The Balaban J connectivity index is 1.43. The predicted molar refractivity (Wildman–Crippen MR) is 133 cm³/mol. The number of nitrogens with zero attached hydrogens (tertiary/aromatic N) is 4. The van der Waals surface area contributed by atoms with E-state index in [1.165, 1.54) is 0 Å². The molecule has 194 valence electrons. The van der Waals surface area contributed by atoms with Crippen molar-refractivity contribution in [2.24, 2.45) is 0 Å². The molecule has 1 saturated heterocycles. The van der Waals surface area contributed by atoms with E-state index in [2.05, 4.69) is 32.7 Å². The Bertz CT molecular complexity index is 1370. The van der Waals surface area contributed by atoms with Crippen LogP contribution >= 0.6 is 0 Å². The number of alkyl halides is 3. The van der Waals surface area contributed by atoms with Gasteiger partial charge in [0, 0.05) is 22.7 Å². The maximum absolute atomic E-state index is 14.9. The van der Waals surface area contributed by atoms with E-state index < -0.39 is 12.7 Å². The smallest absolute Gasteiger partial charge is 0.288 e. The van der Waals surface area contributed by atoms with Crippen LogP contribution in [0.3, 0.4) is 0 Å². The fraction of sp³-hybridized carbons (Fsp3) is 0.346. The lowest BCUT2D eigenvalue weighted by Crippen LogP contribution is -2.36. The summed E-state index contributed by atoms with van der Waals surface area (Å²) in [5.41, 5.74) is 1.52. The van der Waals surface area contributed by atoms with Gasteiger partial charge in [0.1, 0.15) is 5.69 Å². The summed E-state index contributed by atoms with van der Waals surface area (Å²) < 4.78 is 48.2. The van der Waals surface area contributed by atoms with Gasteiger partial charge in [0.2, 0.25) is 6.30 Å². The molecule has 4 aromatic rings. The van der Waals surface area contributed by atoms with E-state index in [1.54, 1.807) is 48.5 Å². The fourth-order valence-electron chi connectivity index (χ4n) is 4.57. The lowest BCUT2D eigenvalue weighted by Gasteiger charge is -2.30. The van der Waals surface area contributed by atoms with Crippen molar-refractivity contribution in [1.82, 2.24) is 24.9 Å². The molecule has 0 spiro atoms. The highest BCUT2D eigenvalue weighted by molar-refractivity contribution is 5.96.